The minimum absolute atomic E-state index is 0.163. The maximum absolute atomic E-state index is 12.2. The van der Waals surface area contributed by atoms with Crippen molar-refractivity contribution >= 4 is 40.7 Å². The van der Waals surface area contributed by atoms with Crippen LogP contribution in [0.5, 0.6) is 0 Å². The van der Waals surface area contributed by atoms with Gasteiger partial charge in [-0.25, -0.2) is 0 Å². The molecule has 5 nitrogen and oxygen atoms in total. The molecular formula is C26H24N4O. The molecule has 0 aliphatic heterocycles. The summed E-state index contributed by atoms with van der Waals surface area (Å²) >= 11 is 0. The van der Waals surface area contributed by atoms with Gasteiger partial charge in [-0.1, -0.05) is 66.8 Å². The number of benzene rings is 3. The molecule has 31 heavy (non-hydrogen) atoms. The van der Waals surface area contributed by atoms with Crippen LogP contribution in [0.15, 0.2) is 94.8 Å². The lowest BCUT2D eigenvalue weighted by Crippen LogP contribution is -2.14. The van der Waals surface area contributed by atoms with Gasteiger partial charge in [-0.15, -0.1) is 10.2 Å². The molecule has 0 bridgehead atoms. The molecule has 1 aliphatic rings. The van der Waals surface area contributed by atoms with E-state index in [1.54, 1.807) is 6.07 Å². The Balaban J connectivity index is 1.58. The zero-order valence-corrected chi connectivity index (χ0v) is 17.2. The summed E-state index contributed by atoms with van der Waals surface area (Å²) in [7, 11) is 0. The summed E-state index contributed by atoms with van der Waals surface area (Å²) in [6.07, 6.45) is 8.45. The SMILES string of the molecule is Nc1ccccc1N=Nc1ccccc1/C=C/c1ccccc1NC1=CCCCC1=O. The standard InChI is InChI=1S/C26H24N4O/c27-21-11-3-6-14-24(21)30-29-23-13-5-2-10-20(23)18-17-19-9-1-4-12-22(19)28-25-15-7-8-16-26(25)31/h1-6,9-15,17-18,28H,7-8,16,27H2/b18-17+,30-29?. The summed E-state index contributed by atoms with van der Waals surface area (Å²) in [4.78, 5) is 12.2. The highest BCUT2D eigenvalue weighted by Gasteiger charge is 2.14. The van der Waals surface area contributed by atoms with Gasteiger partial charge in [0.25, 0.3) is 0 Å². The van der Waals surface area contributed by atoms with Crippen LogP contribution in [0.25, 0.3) is 12.2 Å². The molecule has 0 saturated carbocycles. The van der Waals surface area contributed by atoms with Crippen molar-refractivity contribution < 1.29 is 4.79 Å². The van der Waals surface area contributed by atoms with Gasteiger partial charge in [-0.05, 0) is 42.7 Å². The van der Waals surface area contributed by atoms with Gasteiger partial charge in [0.15, 0.2) is 5.78 Å². The number of nitrogen functional groups attached to an aromatic ring is 1. The summed E-state index contributed by atoms with van der Waals surface area (Å²) < 4.78 is 0. The molecule has 5 heteroatoms. The van der Waals surface area contributed by atoms with E-state index in [0.29, 0.717) is 23.5 Å². The smallest absolute Gasteiger partial charge is 0.178 e. The number of nitrogens with two attached hydrogens (primary N) is 1. The molecule has 0 spiro atoms. The van der Waals surface area contributed by atoms with E-state index in [0.717, 1.165) is 35.3 Å². The second-order valence-electron chi connectivity index (χ2n) is 7.30. The average Bonchev–Trinajstić information content (AvgIpc) is 2.80. The Kier molecular flexibility index (Phi) is 6.33. The highest BCUT2D eigenvalue weighted by Crippen LogP contribution is 2.28. The van der Waals surface area contributed by atoms with Crippen LogP contribution >= 0.6 is 0 Å². The monoisotopic (exact) mass is 408 g/mol. The Labute approximate surface area is 182 Å². The van der Waals surface area contributed by atoms with Crippen molar-refractivity contribution in [2.75, 3.05) is 11.1 Å². The van der Waals surface area contributed by atoms with E-state index >= 15 is 0 Å². The highest BCUT2D eigenvalue weighted by atomic mass is 16.1. The molecule has 3 aromatic carbocycles. The van der Waals surface area contributed by atoms with Crippen LogP contribution in [-0.2, 0) is 4.79 Å². The van der Waals surface area contributed by atoms with E-state index in [4.69, 9.17) is 5.73 Å². The number of nitrogens with zero attached hydrogens (tertiary/aromatic N) is 2. The summed E-state index contributed by atoms with van der Waals surface area (Å²) in [5.74, 6) is 0.163. The first-order valence-electron chi connectivity index (χ1n) is 10.3. The molecule has 0 saturated heterocycles. The number of carbonyl (C=O) groups excluding carboxylic acids is 1. The third kappa shape index (κ3) is 5.14. The molecule has 0 radical (unpaired) electrons. The zero-order valence-electron chi connectivity index (χ0n) is 17.2. The van der Waals surface area contributed by atoms with E-state index in [-0.39, 0.29) is 5.78 Å². The number of ketones is 1. The lowest BCUT2D eigenvalue weighted by molar-refractivity contribution is -0.115. The molecule has 0 amide bonds. The van der Waals surface area contributed by atoms with Crippen molar-refractivity contribution in [2.24, 2.45) is 10.2 Å². The topological polar surface area (TPSA) is 79.8 Å². The van der Waals surface area contributed by atoms with Crippen LogP contribution in [0.2, 0.25) is 0 Å². The van der Waals surface area contributed by atoms with Crippen molar-refractivity contribution in [3.8, 4) is 0 Å². The van der Waals surface area contributed by atoms with Crippen LogP contribution in [0.4, 0.5) is 22.7 Å². The van der Waals surface area contributed by atoms with Gasteiger partial charge < -0.3 is 11.1 Å². The number of Topliss-reactive ketones (excluding diaryl/α,β-unsaturated/α-hetero) is 1. The number of nitrogens with one attached hydrogen (secondary N) is 1. The quantitative estimate of drug-likeness (QED) is 0.264. The van der Waals surface area contributed by atoms with Gasteiger partial charge in [-0.2, -0.15) is 0 Å². The summed E-state index contributed by atoms with van der Waals surface area (Å²) in [6, 6.07) is 23.1. The molecule has 0 atom stereocenters. The number of carbonyl (C=O) groups is 1. The molecule has 0 fully saturated rings. The van der Waals surface area contributed by atoms with E-state index < -0.39 is 0 Å². The summed E-state index contributed by atoms with van der Waals surface area (Å²) in [5.41, 5.74) is 11.4. The minimum Gasteiger partial charge on any atom is -0.397 e. The molecule has 0 aromatic heterocycles. The second-order valence-corrected chi connectivity index (χ2v) is 7.30. The van der Waals surface area contributed by atoms with Crippen LogP contribution < -0.4 is 11.1 Å². The Hall–Kier alpha value is -3.99. The van der Waals surface area contributed by atoms with Crippen LogP contribution in [0.1, 0.15) is 30.4 Å². The summed E-state index contributed by atoms with van der Waals surface area (Å²) in [5, 5.41) is 12.0. The fraction of sp³-hybridized carbons (Fsp3) is 0.115. The van der Waals surface area contributed by atoms with Crippen LogP contribution in [0, 0.1) is 0 Å². The lowest BCUT2D eigenvalue weighted by Gasteiger charge is -2.15. The van der Waals surface area contributed by atoms with Gasteiger partial charge in [0, 0.05) is 17.7 Å². The average molecular weight is 409 g/mol. The number of allylic oxidation sites excluding steroid dienone is 2. The van der Waals surface area contributed by atoms with E-state index in [1.165, 1.54) is 0 Å². The summed E-state index contributed by atoms with van der Waals surface area (Å²) in [6.45, 7) is 0. The largest absolute Gasteiger partial charge is 0.397 e. The Morgan fingerprint density at radius 3 is 2.26 bits per heavy atom. The lowest BCUT2D eigenvalue weighted by atomic mass is 10.0. The van der Waals surface area contributed by atoms with Gasteiger partial charge in [0.1, 0.15) is 5.69 Å². The first kappa shape index (κ1) is 20.3. The van der Waals surface area contributed by atoms with Crippen molar-refractivity contribution in [1.82, 2.24) is 0 Å². The predicted molar refractivity (Wildman–Crippen MR) is 127 cm³/mol. The van der Waals surface area contributed by atoms with Crippen molar-refractivity contribution in [3.63, 3.8) is 0 Å². The van der Waals surface area contributed by atoms with Crippen molar-refractivity contribution in [1.29, 1.82) is 0 Å². The molecule has 1 aliphatic carbocycles. The zero-order chi connectivity index (χ0) is 21.5. The van der Waals surface area contributed by atoms with Gasteiger partial charge in [0.2, 0.25) is 0 Å². The number of hydrogen-bond donors (Lipinski definition) is 2. The van der Waals surface area contributed by atoms with Crippen molar-refractivity contribution in [2.45, 2.75) is 19.3 Å². The molecule has 0 heterocycles. The molecule has 0 unspecified atom stereocenters. The molecule has 3 aromatic rings. The minimum atomic E-state index is 0.163. The molecule has 4 rings (SSSR count). The number of hydrogen-bond acceptors (Lipinski definition) is 5. The van der Waals surface area contributed by atoms with Gasteiger partial charge in [0.05, 0.1) is 17.1 Å². The van der Waals surface area contributed by atoms with Crippen molar-refractivity contribution in [3.05, 3.63) is 95.7 Å². The Morgan fingerprint density at radius 2 is 1.45 bits per heavy atom. The van der Waals surface area contributed by atoms with E-state index in [1.807, 2.05) is 85.0 Å². The number of anilines is 2. The maximum Gasteiger partial charge on any atom is 0.178 e. The Bertz CT molecular complexity index is 1180. The van der Waals surface area contributed by atoms with Crippen LogP contribution in [-0.4, -0.2) is 5.78 Å². The highest BCUT2D eigenvalue weighted by molar-refractivity contribution is 5.99. The third-order valence-electron chi connectivity index (χ3n) is 5.07. The molecule has 154 valence electrons. The van der Waals surface area contributed by atoms with Gasteiger partial charge >= 0.3 is 0 Å². The second kappa shape index (κ2) is 9.67. The molecular weight excluding hydrogens is 384 g/mol. The first-order valence-corrected chi connectivity index (χ1v) is 10.3. The van der Waals surface area contributed by atoms with E-state index in [9.17, 15) is 4.79 Å². The number of azo groups is 1. The number of para-hydroxylation sites is 2. The third-order valence-corrected chi connectivity index (χ3v) is 5.07. The van der Waals surface area contributed by atoms with Gasteiger partial charge in [-0.3, -0.25) is 4.79 Å². The number of rotatable bonds is 6. The Morgan fingerprint density at radius 1 is 0.806 bits per heavy atom. The molecule has 3 N–H and O–H groups in total. The normalized spacial score (nSPS) is 14.2. The maximum atomic E-state index is 12.2. The predicted octanol–water partition coefficient (Wildman–Crippen LogP) is 6.90. The first-order chi connectivity index (χ1) is 15.2. The van der Waals surface area contributed by atoms with E-state index in [2.05, 4.69) is 15.5 Å². The fourth-order valence-corrected chi connectivity index (χ4v) is 3.36. The van der Waals surface area contributed by atoms with Crippen LogP contribution in [0.3, 0.4) is 0 Å². The fourth-order valence-electron chi connectivity index (χ4n) is 3.36.